The highest BCUT2D eigenvalue weighted by Crippen LogP contribution is 2.68. The van der Waals surface area contributed by atoms with E-state index in [9.17, 15) is 9.90 Å². The fraction of sp³-hybridized carbons (Fsp3) is 0.800. The van der Waals surface area contributed by atoms with Crippen molar-refractivity contribution in [1.29, 1.82) is 0 Å². The molecule has 0 aromatic rings. The van der Waals surface area contributed by atoms with Gasteiger partial charge in [0.1, 0.15) is 6.29 Å². The average molecular weight is 234 g/mol. The summed E-state index contributed by atoms with van der Waals surface area (Å²) in [5, 5.41) is 10.9. The van der Waals surface area contributed by atoms with Crippen LogP contribution in [0.1, 0.15) is 45.4 Å². The van der Waals surface area contributed by atoms with Gasteiger partial charge >= 0.3 is 0 Å². The Kier molecular flexibility index (Phi) is 2.32. The number of carbonyl (C=O) groups excluding carboxylic acids is 1. The first-order valence-electron chi connectivity index (χ1n) is 6.87. The van der Waals surface area contributed by atoms with Gasteiger partial charge in [-0.15, -0.1) is 0 Å². The maximum Gasteiger partial charge on any atom is 0.145 e. The molecule has 3 saturated carbocycles. The van der Waals surface area contributed by atoms with E-state index in [1.54, 1.807) is 0 Å². The van der Waals surface area contributed by atoms with Crippen molar-refractivity contribution in [1.82, 2.24) is 0 Å². The van der Waals surface area contributed by atoms with Gasteiger partial charge < -0.3 is 5.11 Å². The molecule has 1 spiro atoms. The number of aldehydes is 1. The smallest absolute Gasteiger partial charge is 0.145 e. The quantitative estimate of drug-likeness (QED) is 0.589. The monoisotopic (exact) mass is 234 g/mol. The highest BCUT2D eigenvalue weighted by Gasteiger charge is 2.66. The van der Waals surface area contributed by atoms with Crippen molar-refractivity contribution in [2.45, 2.75) is 51.0 Å². The third-order valence-electron chi connectivity index (χ3n) is 6.24. The molecule has 2 heteroatoms. The fourth-order valence-electron chi connectivity index (χ4n) is 5.13. The molecule has 0 heterocycles. The standard InChI is InChI=1S/C15H22O2/c1-10(9-16)11-5-6-15(8-11)13-4-3-12(7-13)14(15,2)17/h9,11-13,17H,1,3-8H2,2H3/t11?,12?,13?,14-,15-/m0/s1. The van der Waals surface area contributed by atoms with E-state index in [2.05, 4.69) is 6.58 Å². The number of carbonyl (C=O) groups is 1. The number of fused-ring (bicyclic) bond motifs is 3. The molecule has 2 bridgehead atoms. The van der Waals surface area contributed by atoms with Crippen molar-refractivity contribution < 1.29 is 9.90 Å². The van der Waals surface area contributed by atoms with Crippen molar-refractivity contribution >= 4 is 6.29 Å². The van der Waals surface area contributed by atoms with Crippen LogP contribution in [0.25, 0.3) is 0 Å². The summed E-state index contributed by atoms with van der Waals surface area (Å²) in [5.41, 5.74) is 0.320. The Morgan fingerprint density at radius 3 is 2.65 bits per heavy atom. The molecular formula is C15H22O2. The third-order valence-corrected chi connectivity index (χ3v) is 6.24. The Labute approximate surface area is 103 Å². The van der Waals surface area contributed by atoms with E-state index in [0.29, 0.717) is 17.8 Å². The van der Waals surface area contributed by atoms with Crippen molar-refractivity contribution in [3.05, 3.63) is 12.2 Å². The van der Waals surface area contributed by atoms with Gasteiger partial charge in [-0.2, -0.15) is 0 Å². The Morgan fingerprint density at radius 1 is 1.35 bits per heavy atom. The van der Waals surface area contributed by atoms with Crippen LogP contribution in [0.15, 0.2) is 12.2 Å². The summed E-state index contributed by atoms with van der Waals surface area (Å²) >= 11 is 0. The van der Waals surface area contributed by atoms with Crippen LogP contribution in [0.3, 0.4) is 0 Å². The lowest BCUT2D eigenvalue weighted by Crippen LogP contribution is -2.49. The molecule has 2 nitrogen and oxygen atoms in total. The first-order valence-corrected chi connectivity index (χ1v) is 6.87. The highest BCUT2D eigenvalue weighted by molar-refractivity contribution is 5.73. The van der Waals surface area contributed by atoms with Crippen LogP contribution in [0.4, 0.5) is 0 Å². The minimum atomic E-state index is -0.506. The van der Waals surface area contributed by atoms with Gasteiger partial charge in [0, 0.05) is 5.41 Å². The zero-order valence-electron chi connectivity index (χ0n) is 10.6. The van der Waals surface area contributed by atoms with Crippen molar-refractivity contribution in [2.75, 3.05) is 0 Å². The molecule has 3 aliphatic carbocycles. The molecule has 5 atom stereocenters. The molecule has 3 fully saturated rings. The molecule has 3 rings (SSSR count). The lowest BCUT2D eigenvalue weighted by Gasteiger charge is -2.46. The number of allylic oxidation sites excluding steroid dienone is 1. The Morgan fingerprint density at radius 2 is 2.06 bits per heavy atom. The molecule has 1 N–H and O–H groups in total. The maximum absolute atomic E-state index is 10.9. The van der Waals surface area contributed by atoms with Gasteiger partial charge in [-0.05, 0) is 68.8 Å². The average Bonchev–Trinajstić information content (AvgIpc) is 2.97. The summed E-state index contributed by atoms with van der Waals surface area (Å²) in [5.74, 6) is 1.50. The van der Waals surface area contributed by atoms with E-state index in [0.717, 1.165) is 31.1 Å². The number of aliphatic hydroxyl groups is 1. The molecule has 0 aromatic heterocycles. The fourth-order valence-corrected chi connectivity index (χ4v) is 5.13. The Bertz CT molecular complexity index is 371. The minimum absolute atomic E-state index is 0.0898. The summed E-state index contributed by atoms with van der Waals surface area (Å²) in [6.07, 6.45) is 7.69. The zero-order valence-corrected chi connectivity index (χ0v) is 10.6. The summed E-state index contributed by atoms with van der Waals surface area (Å²) in [6, 6.07) is 0. The Hall–Kier alpha value is -0.630. The molecule has 3 aliphatic rings. The summed E-state index contributed by atoms with van der Waals surface area (Å²) in [7, 11) is 0. The summed E-state index contributed by atoms with van der Waals surface area (Å²) < 4.78 is 0. The molecule has 0 aromatic carbocycles. The first-order chi connectivity index (χ1) is 8.01. The Balaban J connectivity index is 1.89. The predicted molar refractivity (Wildman–Crippen MR) is 66.4 cm³/mol. The molecule has 17 heavy (non-hydrogen) atoms. The van der Waals surface area contributed by atoms with Crippen LogP contribution >= 0.6 is 0 Å². The van der Waals surface area contributed by atoms with Gasteiger partial charge in [-0.25, -0.2) is 0 Å². The third kappa shape index (κ3) is 1.28. The second-order valence-electron chi connectivity index (χ2n) is 6.64. The minimum Gasteiger partial charge on any atom is -0.389 e. The lowest BCUT2D eigenvalue weighted by molar-refractivity contribution is -0.110. The van der Waals surface area contributed by atoms with Crippen LogP contribution in [0.5, 0.6) is 0 Å². The van der Waals surface area contributed by atoms with Gasteiger partial charge in [0.25, 0.3) is 0 Å². The van der Waals surface area contributed by atoms with Crippen LogP contribution in [-0.4, -0.2) is 17.0 Å². The van der Waals surface area contributed by atoms with E-state index >= 15 is 0 Å². The number of rotatable bonds is 2. The molecule has 0 amide bonds. The SMILES string of the molecule is C=C(C=O)C1CC[C@]2(C1)C1CCC(C1)[C@]2(C)O. The van der Waals surface area contributed by atoms with E-state index in [4.69, 9.17) is 0 Å². The van der Waals surface area contributed by atoms with E-state index < -0.39 is 5.60 Å². The van der Waals surface area contributed by atoms with E-state index in [1.165, 1.54) is 19.3 Å². The van der Waals surface area contributed by atoms with Crippen molar-refractivity contribution in [3.63, 3.8) is 0 Å². The van der Waals surface area contributed by atoms with Crippen molar-refractivity contribution in [3.8, 4) is 0 Å². The second kappa shape index (κ2) is 3.44. The van der Waals surface area contributed by atoms with Gasteiger partial charge in [0.15, 0.2) is 0 Å². The molecule has 94 valence electrons. The largest absolute Gasteiger partial charge is 0.389 e. The van der Waals surface area contributed by atoms with Gasteiger partial charge in [0.2, 0.25) is 0 Å². The number of hydrogen-bond acceptors (Lipinski definition) is 2. The zero-order chi connectivity index (χ0) is 12.3. The van der Waals surface area contributed by atoms with Crippen molar-refractivity contribution in [2.24, 2.45) is 23.2 Å². The van der Waals surface area contributed by atoms with Gasteiger partial charge in [0.05, 0.1) is 5.60 Å². The highest BCUT2D eigenvalue weighted by atomic mass is 16.3. The van der Waals surface area contributed by atoms with E-state index in [-0.39, 0.29) is 5.41 Å². The van der Waals surface area contributed by atoms with Crippen LogP contribution < -0.4 is 0 Å². The van der Waals surface area contributed by atoms with Crippen LogP contribution in [0.2, 0.25) is 0 Å². The summed E-state index contributed by atoms with van der Waals surface area (Å²) in [6.45, 7) is 5.91. The maximum atomic E-state index is 10.9. The molecular weight excluding hydrogens is 212 g/mol. The molecule has 3 unspecified atom stereocenters. The van der Waals surface area contributed by atoms with Gasteiger partial charge in [-0.1, -0.05) is 6.58 Å². The van der Waals surface area contributed by atoms with Crippen LogP contribution in [-0.2, 0) is 4.79 Å². The van der Waals surface area contributed by atoms with E-state index in [1.807, 2.05) is 6.92 Å². The van der Waals surface area contributed by atoms with Gasteiger partial charge in [-0.3, -0.25) is 4.79 Å². The lowest BCUT2D eigenvalue weighted by atomic mass is 9.62. The molecule has 0 saturated heterocycles. The molecule has 0 radical (unpaired) electrons. The second-order valence-corrected chi connectivity index (χ2v) is 6.64. The normalized spacial score (nSPS) is 52.2. The topological polar surface area (TPSA) is 37.3 Å². The molecule has 0 aliphatic heterocycles. The first kappa shape index (κ1) is 11.5. The summed E-state index contributed by atoms with van der Waals surface area (Å²) in [4.78, 5) is 10.9. The predicted octanol–water partition coefficient (Wildman–Crippen LogP) is 2.71. The van der Waals surface area contributed by atoms with Crippen LogP contribution in [0, 0.1) is 23.2 Å². The number of hydrogen-bond donors (Lipinski definition) is 1.